The van der Waals surface area contributed by atoms with Crippen molar-refractivity contribution in [1.29, 1.82) is 0 Å². The third-order valence-corrected chi connectivity index (χ3v) is 3.49. The molecule has 0 aromatic heterocycles. The average Bonchev–Trinajstić information content (AvgIpc) is 2.66. The van der Waals surface area contributed by atoms with Gasteiger partial charge >= 0.3 is 0 Å². The molecule has 0 bridgehead atoms. The third-order valence-electron chi connectivity index (χ3n) is 2.48. The molecule has 1 N–H and O–H groups in total. The molecule has 1 fully saturated rings. The van der Waals surface area contributed by atoms with Gasteiger partial charge in [-0.25, -0.2) is 0 Å². The van der Waals surface area contributed by atoms with Gasteiger partial charge in [0.25, 0.3) is 0 Å². The Morgan fingerprint density at radius 1 is 1.38 bits per heavy atom. The highest BCUT2D eigenvalue weighted by Crippen LogP contribution is 2.19. The monoisotopic (exact) mass is 235 g/mol. The maximum absolute atomic E-state index is 11.6. The normalized spacial score (nSPS) is 19.8. The minimum Gasteiger partial charge on any atom is -0.345 e. The lowest BCUT2D eigenvalue weighted by atomic mass is 10.1. The Morgan fingerprint density at radius 2 is 2.12 bits per heavy atom. The van der Waals surface area contributed by atoms with Gasteiger partial charge in [0.2, 0.25) is 11.0 Å². The Kier molecular flexibility index (Phi) is 3.62. The van der Waals surface area contributed by atoms with E-state index < -0.39 is 0 Å². The quantitative estimate of drug-likeness (QED) is 0.861. The molecule has 1 aliphatic rings. The molecular weight excluding hydrogens is 222 g/mol. The minimum absolute atomic E-state index is 0.0768. The highest BCUT2D eigenvalue weighted by Gasteiger charge is 2.26. The van der Waals surface area contributed by atoms with E-state index >= 15 is 0 Å². The molecule has 1 unspecified atom stereocenters. The van der Waals surface area contributed by atoms with Gasteiger partial charge in [0, 0.05) is 5.75 Å². The van der Waals surface area contributed by atoms with Gasteiger partial charge in [-0.15, -0.1) is 0 Å². The molecule has 16 heavy (non-hydrogen) atoms. The smallest absolute Gasteiger partial charge is 0.225 e. The van der Waals surface area contributed by atoms with E-state index in [9.17, 15) is 9.59 Å². The van der Waals surface area contributed by atoms with Gasteiger partial charge in [0.05, 0.1) is 12.5 Å². The number of carbonyl (C=O) groups excluding carboxylic acids is 2. The molecule has 0 spiro atoms. The van der Waals surface area contributed by atoms with Crippen LogP contribution < -0.4 is 5.32 Å². The van der Waals surface area contributed by atoms with Crippen molar-refractivity contribution in [3.05, 3.63) is 35.9 Å². The van der Waals surface area contributed by atoms with Crippen LogP contribution in [0.1, 0.15) is 12.0 Å². The number of rotatable bonds is 3. The Morgan fingerprint density at radius 3 is 2.75 bits per heavy atom. The number of amides is 1. The first-order chi connectivity index (χ1) is 7.75. The van der Waals surface area contributed by atoms with E-state index in [1.54, 1.807) is 0 Å². The van der Waals surface area contributed by atoms with Gasteiger partial charge < -0.3 is 5.32 Å². The molecule has 1 atom stereocenters. The molecule has 1 saturated heterocycles. The molecule has 1 aromatic carbocycles. The van der Waals surface area contributed by atoms with E-state index in [0.717, 1.165) is 17.7 Å². The zero-order chi connectivity index (χ0) is 11.4. The standard InChI is InChI=1S/C12H13NO2S/c14-11(8-9-4-2-1-3-5-9)13-10-6-7-16-12(10)15/h1-5,10H,6-8H2,(H,13,14). The first-order valence-electron chi connectivity index (χ1n) is 5.25. The van der Waals surface area contributed by atoms with Crippen molar-refractivity contribution in [1.82, 2.24) is 5.32 Å². The van der Waals surface area contributed by atoms with Gasteiger partial charge in [0.1, 0.15) is 0 Å². The van der Waals surface area contributed by atoms with Gasteiger partial charge in [-0.2, -0.15) is 0 Å². The second kappa shape index (κ2) is 5.16. The van der Waals surface area contributed by atoms with Crippen LogP contribution in [0, 0.1) is 0 Å². The van der Waals surface area contributed by atoms with Crippen molar-refractivity contribution < 1.29 is 9.59 Å². The van der Waals surface area contributed by atoms with E-state index in [1.807, 2.05) is 30.3 Å². The summed E-state index contributed by atoms with van der Waals surface area (Å²) in [6.45, 7) is 0. The lowest BCUT2D eigenvalue weighted by Gasteiger charge is -2.09. The molecule has 1 heterocycles. The summed E-state index contributed by atoms with van der Waals surface area (Å²) >= 11 is 1.30. The zero-order valence-electron chi connectivity index (χ0n) is 8.81. The van der Waals surface area contributed by atoms with Crippen LogP contribution in [0.2, 0.25) is 0 Å². The van der Waals surface area contributed by atoms with E-state index in [4.69, 9.17) is 0 Å². The first kappa shape index (κ1) is 11.2. The van der Waals surface area contributed by atoms with Crippen molar-refractivity contribution in [3.8, 4) is 0 Å². The summed E-state index contributed by atoms with van der Waals surface area (Å²) in [5.74, 6) is 0.738. The molecule has 0 aliphatic carbocycles. The number of thioether (sulfide) groups is 1. The SMILES string of the molecule is O=C(Cc1ccccc1)NC1CCSC1=O. The fourth-order valence-corrected chi connectivity index (χ4v) is 2.59. The van der Waals surface area contributed by atoms with Gasteiger partial charge in [0.15, 0.2) is 0 Å². The highest BCUT2D eigenvalue weighted by atomic mass is 32.2. The molecule has 84 valence electrons. The van der Waals surface area contributed by atoms with Crippen LogP contribution in [0.25, 0.3) is 0 Å². The summed E-state index contributed by atoms with van der Waals surface area (Å²) in [5, 5.41) is 2.85. The molecular formula is C12H13NO2S. The number of benzene rings is 1. The number of hydrogen-bond donors (Lipinski definition) is 1. The lowest BCUT2D eigenvalue weighted by molar-refractivity contribution is -0.124. The maximum Gasteiger partial charge on any atom is 0.225 e. The van der Waals surface area contributed by atoms with Crippen molar-refractivity contribution in [2.45, 2.75) is 18.9 Å². The molecule has 4 heteroatoms. The van der Waals surface area contributed by atoms with Crippen molar-refractivity contribution >= 4 is 22.8 Å². The Bertz CT molecular complexity index is 391. The van der Waals surface area contributed by atoms with Crippen LogP contribution in [-0.4, -0.2) is 22.8 Å². The number of carbonyl (C=O) groups is 2. The maximum atomic E-state index is 11.6. The molecule has 1 aromatic rings. The summed E-state index contributed by atoms with van der Waals surface area (Å²) in [5.41, 5.74) is 0.970. The summed E-state index contributed by atoms with van der Waals surface area (Å²) in [4.78, 5) is 23.0. The Labute approximate surface area is 98.6 Å². The summed E-state index contributed by atoms with van der Waals surface area (Å²) in [6, 6.07) is 9.26. The van der Waals surface area contributed by atoms with E-state index in [-0.39, 0.29) is 17.1 Å². The second-order valence-corrected chi connectivity index (χ2v) is 4.84. The molecule has 1 amide bonds. The Hall–Kier alpha value is -1.29. The van der Waals surface area contributed by atoms with Crippen LogP contribution in [0.15, 0.2) is 30.3 Å². The summed E-state index contributed by atoms with van der Waals surface area (Å²) in [6.07, 6.45) is 1.10. The van der Waals surface area contributed by atoms with Crippen LogP contribution in [0.4, 0.5) is 0 Å². The van der Waals surface area contributed by atoms with E-state index in [2.05, 4.69) is 5.32 Å². The zero-order valence-corrected chi connectivity index (χ0v) is 9.63. The highest BCUT2D eigenvalue weighted by molar-refractivity contribution is 8.14. The lowest BCUT2D eigenvalue weighted by Crippen LogP contribution is -2.38. The number of hydrogen-bond acceptors (Lipinski definition) is 3. The van der Waals surface area contributed by atoms with Gasteiger partial charge in [-0.05, 0) is 12.0 Å². The van der Waals surface area contributed by atoms with Gasteiger partial charge in [-0.3, -0.25) is 9.59 Å². The molecule has 2 rings (SSSR count). The largest absolute Gasteiger partial charge is 0.345 e. The van der Waals surface area contributed by atoms with Crippen LogP contribution in [0.3, 0.4) is 0 Å². The topological polar surface area (TPSA) is 46.2 Å². The fraction of sp³-hybridized carbons (Fsp3) is 0.333. The van der Waals surface area contributed by atoms with E-state index in [1.165, 1.54) is 11.8 Å². The van der Waals surface area contributed by atoms with Crippen LogP contribution in [0.5, 0.6) is 0 Å². The predicted molar refractivity (Wildman–Crippen MR) is 64.2 cm³/mol. The van der Waals surface area contributed by atoms with Crippen LogP contribution in [-0.2, 0) is 16.0 Å². The molecule has 3 nitrogen and oxygen atoms in total. The Balaban J connectivity index is 1.87. The minimum atomic E-state index is -0.277. The average molecular weight is 235 g/mol. The fourth-order valence-electron chi connectivity index (χ4n) is 1.65. The van der Waals surface area contributed by atoms with E-state index in [0.29, 0.717) is 6.42 Å². The first-order valence-corrected chi connectivity index (χ1v) is 6.24. The van der Waals surface area contributed by atoms with Crippen molar-refractivity contribution in [3.63, 3.8) is 0 Å². The van der Waals surface area contributed by atoms with Gasteiger partial charge in [-0.1, -0.05) is 42.1 Å². The molecule has 0 saturated carbocycles. The summed E-state index contributed by atoms with van der Waals surface area (Å²) in [7, 11) is 0. The van der Waals surface area contributed by atoms with Crippen molar-refractivity contribution in [2.75, 3.05) is 5.75 Å². The third kappa shape index (κ3) is 2.85. The number of nitrogens with one attached hydrogen (secondary N) is 1. The molecule has 1 aliphatic heterocycles. The predicted octanol–water partition coefficient (Wildman–Crippen LogP) is 1.38. The summed E-state index contributed by atoms with van der Waals surface area (Å²) < 4.78 is 0. The van der Waals surface area contributed by atoms with Crippen LogP contribution >= 0.6 is 11.8 Å². The molecule has 0 radical (unpaired) electrons. The second-order valence-electron chi connectivity index (χ2n) is 3.74. The van der Waals surface area contributed by atoms with Crippen molar-refractivity contribution in [2.24, 2.45) is 0 Å².